The Morgan fingerprint density at radius 1 is 1.03 bits per heavy atom. The van der Waals surface area contributed by atoms with Gasteiger partial charge in [-0.15, -0.1) is 0 Å². The van der Waals surface area contributed by atoms with Gasteiger partial charge in [0.15, 0.2) is 0 Å². The van der Waals surface area contributed by atoms with Crippen molar-refractivity contribution in [2.75, 3.05) is 54.0 Å². The third-order valence-electron chi connectivity index (χ3n) is 5.39. The number of hydrogen-bond acceptors (Lipinski definition) is 6. The number of rotatable bonds is 5. The minimum absolute atomic E-state index is 0.241. The Kier molecular flexibility index (Phi) is 5.35. The van der Waals surface area contributed by atoms with Crippen molar-refractivity contribution in [1.82, 2.24) is 0 Å². The lowest BCUT2D eigenvalue weighted by atomic mass is 10.1. The summed E-state index contributed by atoms with van der Waals surface area (Å²) in [6.45, 7) is 3.41. The first-order valence-electron chi connectivity index (χ1n) is 9.62. The molecule has 7 nitrogen and oxygen atoms in total. The van der Waals surface area contributed by atoms with Crippen LogP contribution >= 0.6 is 0 Å². The van der Waals surface area contributed by atoms with Crippen molar-refractivity contribution in [2.45, 2.75) is 6.10 Å². The fourth-order valence-electron chi connectivity index (χ4n) is 3.74. The van der Waals surface area contributed by atoms with Crippen molar-refractivity contribution < 1.29 is 18.7 Å². The second-order valence-corrected chi connectivity index (χ2v) is 7.17. The molecular formula is C21H23FN4O3. The number of piperazine rings is 1. The number of hydrogen-bond donors (Lipinski definition) is 1. The van der Waals surface area contributed by atoms with E-state index in [2.05, 4.69) is 4.90 Å². The summed E-state index contributed by atoms with van der Waals surface area (Å²) in [4.78, 5) is 28.4. The van der Waals surface area contributed by atoms with Gasteiger partial charge in [0, 0.05) is 44.0 Å². The summed E-state index contributed by atoms with van der Waals surface area (Å²) in [5, 5.41) is 0. The Hall–Kier alpha value is -3.13. The van der Waals surface area contributed by atoms with Gasteiger partial charge in [-0.3, -0.25) is 9.69 Å². The molecule has 8 heteroatoms. The first-order valence-corrected chi connectivity index (χ1v) is 9.62. The zero-order chi connectivity index (χ0) is 20.4. The molecule has 2 aliphatic rings. The highest BCUT2D eigenvalue weighted by molar-refractivity contribution is 5.90. The molecule has 2 heterocycles. The molecule has 0 bridgehead atoms. The summed E-state index contributed by atoms with van der Waals surface area (Å²) >= 11 is 0. The summed E-state index contributed by atoms with van der Waals surface area (Å²) in [5.41, 5.74) is 8.24. The Bertz CT molecular complexity index is 897. The number of ether oxygens (including phenoxy) is 1. The number of nitrogens with zero attached hydrogens (tertiary/aromatic N) is 3. The second kappa shape index (κ2) is 8.08. The largest absolute Gasteiger partial charge is 0.443 e. The Labute approximate surface area is 168 Å². The summed E-state index contributed by atoms with van der Waals surface area (Å²) in [6, 6.07) is 12.3. The lowest BCUT2D eigenvalue weighted by Gasteiger charge is -2.37. The van der Waals surface area contributed by atoms with E-state index in [1.54, 1.807) is 24.3 Å². The third-order valence-corrected chi connectivity index (χ3v) is 5.39. The Morgan fingerprint density at radius 3 is 2.28 bits per heavy atom. The van der Waals surface area contributed by atoms with Gasteiger partial charge in [0.1, 0.15) is 18.2 Å². The summed E-state index contributed by atoms with van der Waals surface area (Å²) in [7, 11) is 0. The Balaban J connectivity index is 1.42. The minimum Gasteiger partial charge on any atom is -0.443 e. The molecule has 0 aromatic heterocycles. The predicted octanol–water partition coefficient (Wildman–Crippen LogP) is 2.25. The van der Waals surface area contributed by atoms with Crippen molar-refractivity contribution in [3.05, 3.63) is 53.8 Å². The maximum atomic E-state index is 14.8. The number of amides is 1. The van der Waals surface area contributed by atoms with Crippen molar-refractivity contribution in [3.8, 4) is 0 Å². The maximum Gasteiger partial charge on any atom is 0.414 e. The zero-order valence-electron chi connectivity index (χ0n) is 16.0. The summed E-state index contributed by atoms with van der Waals surface area (Å²) in [5.74, 6) is -0.365. The fourth-order valence-corrected chi connectivity index (χ4v) is 3.74. The highest BCUT2D eigenvalue weighted by Gasteiger charge is 2.32. The number of nitrogens with two attached hydrogens (primary N) is 1. The third kappa shape index (κ3) is 3.88. The van der Waals surface area contributed by atoms with E-state index in [0.29, 0.717) is 36.6 Å². The number of cyclic esters (lactones) is 1. The van der Waals surface area contributed by atoms with Gasteiger partial charge in [0.2, 0.25) is 0 Å². The number of benzene rings is 2. The van der Waals surface area contributed by atoms with Crippen LogP contribution in [0.4, 0.5) is 26.2 Å². The quantitative estimate of drug-likeness (QED) is 0.779. The average Bonchev–Trinajstić information content (AvgIpc) is 3.15. The SMILES string of the molecule is NCC1CN(c2ccc(N3CCN(c4ccc(C=O)cc4)CC3)c(F)c2)C(=O)O1. The van der Waals surface area contributed by atoms with Crippen LogP contribution in [0.25, 0.3) is 0 Å². The normalized spacial score (nSPS) is 19.4. The molecule has 29 heavy (non-hydrogen) atoms. The smallest absolute Gasteiger partial charge is 0.414 e. The zero-order valence-corrected chi connectivity index (χ0v) is 16.0. The predicted molar refractivity (Wildman–Crippen MR) is 109 cm³/mol. The monoisotopic (exact) mass is 398 g/mol. The highest BCUT2D eigenvalue weighted by atomic mass is 19.1. The molecule has 2 aliphatic heterocycles. The first-order chi connectivity index (χ1) is 14.1. The van der Waals surface area contributed by atoms with E-state index in [1.165, 1.54) is 11.0 Å². The molecule has 2 aromatic rings. The van der Waals surface area contributed by atoms with Gasteiger partial charge in [-0.1, -0.05) is 0 Å². The van der Waals surface area contributed by atoms with Crippen molar-refractivity contribution in [2.24, 2.45) is 5.73 Å². The van der Waals surface area contributed by atoms with E-state index >= 15 is 0 Å². The number of anilines is 3. The van der Waals surface area contributed by atoms with Crippen LogP contribution in [-0.2, 0) is 4.74 Å². The maximum absolute atomic E-state index is 14.8. The van der Waals surface area contributed by atoms with Crippen LogP contribution in [0.2, 0.25) is 0 Å². The van der Waals surface area contributed by atoms with Crippen LogP contribution in [-0.4, -0.2) is 57.8 Å². The van der Waals surface area contributed by atoms with Crippen LogP contribution < -0.4 is 20.4 Å². The van der Waals surface area contributed by atoms with Gasteiger partial charge in [0.25, 0.3) is 0 Å². The van der Waals surface area contributed by atoms with Crippen LogP contribution in [0.1, 0.15) is 10.4 Å². The van der Waals surface area contributed by atoms with E-state index in [-0.39, 0.29) is 18.5 Å². The molecule has 0 radical (unpaired) electrons. The highest BCUT2D eigenvalue weighted by Crippen LogP contribution is 2.29. The molecule has 1 atom stereocenters. The van der Waals surface area contributed by atoms with Gasteiger partial charge in [-0.2, -0.15) is 0 Å². The standard InChI is InChI=1S/C21H23FN4O3/c22-19-11-17(26-13-18(12-23)29-21(26)28)5-6-20(19)25-9-7-24(8-10-25)16-3-1-15(14-27)2-4-16/h1-6,11,14,18H,7-10,12-13,23H2. The van der Waals surface area contributed by atoms with Crippen LogP contribution in [0.5, 0.6) is 0 Å². The fraction of sp³-hybridized carbons (Fsp3) is 0.333. The molecule has 2 saturated heterocycles. The number of carbonyl (C=O) groups excluding carboxylic acids is 2. The van der Waals surface area contributed by atoms with Crippen molar-refractivity contribution in [1.29, 1.82) is 0 Å². The van der Waals surface area contributed by atoms with E-state index in [0.717, 1.165) is 25.1 Å². The van der Waals surface area contributed by atoms with Crippen LogP contribution in [0, 0.1) is 5.82 Å². The van der Waals surface area contributed by atoms with Crippen molar-refractivity contribution in [3.63, 3.8) is 0 Å². The van der Waals surface area contributed by atoms with Gasteiger partial charge in [-0.25, -0.2) is 9.18 Å². The molecule has 1 amide bonds. The molecule has 0 spiro atoms. The van der Waals surface area contributed by atoms with Gasteiger partial charge < -0.3 is 20.3 Å². The minimum atomic E-state index is -0.498. The van der Waals surface area contributed by atoms with Crippen molar-refractivity contribution >= 4 is 29.4 Å². The number of carbonyl (C=O) groups is 2. The number of halogens is 1. The molecule has 4 rings (SSSR count). The molecule has 2 fully saturated rings. The van der Waals surface area contributed by atoms with E-state index in [9.17, 15) is 14.0 Å². The molecular weight excluding hydrogens is 375 g/mol. The first kappa shape index (κ1) is 19.2. The van der Waals surface area contributed by atoms with Gasteiger partial charge >= 0.3 is 6.09 Å². The summed E-state index contributed by atoms with van der Waals surface area (Å²) < 4.78 is 19.9. The molecule has 2 N–H and O–H groups in total. The Morgan fingerprint density at radius 2 is 1.69 bits per heavy atom. The molecule has 0 saturated carbocycles. The molecule has 152 valence electrons. The molecule has 0 aliphatic carbocycles. The van der Waals surface area contributed by atoms with Gasteiger partial charge in [-0.05, 0) is 42.5 Å². The average molecular weight is 398 g/mol. The topological polar surface area (TPSA) is 79.1 Å². The molecule has 2 aromatic carbocycles. The lowest BCUT2D eigenvalue weighted by molar-refractivity contribution is 0.112. The van der Waals surface area contributed by atoms with Gasteiger partial charge in [0.05, 0.1) is 17.9 Å². The molecule has 1 unspecified atom stereocenters. The van der Waals surface area contributed by atoms with Crippen LogP contribution in [0.15, 0.2) is 42.5 Å². The van der Waals surface area contributed by atoms with Crippen LogP contribution in [0.3, 0.4) is 0 Å². The number of aldehydes is 1. The van der Waals surface area contributed by atoms with E-state index < -0.39 is 6.09 Å². The summed E-state index contributed by atoms with van der Waals surface area (Å²) in [6.07, 6.45) is -0.0349. The van der Waals surface area contributed by atoms with E-state index in [4.69, 9.17) is 10.5 Å². The van der Waals surface area contributed by atoms with E-state index in [1.807, 2.05) is 17.0 Å². The second-order valence-electron chi connectivity index (χ2n) is 7.17. The lowest BCUT2D eigenvalue weighted by Crippen LogP contribution is -2.46.